The highest BCUT2D eigenvalue weighted by Crippen LogP contribution is 2.45. The molecule has 5 unspecified atom stereocenters. The average Bonchev–Trinajstić information content (AvgIpc) is 3.55. The third-order valence-electron chi connectivity index (χ3n) is 11.2. The zero-order valence-corrected chi connectivity index (χ0v) is 26.7. The monoisotopic (exact) mass is 651 g/mol. The zero-order valence-electron chi connectivity index (χ0n) is 26.7. The fourth-order valence-corrected chi connectivity index (χ4v) is 8.06. The molecule has 0 aromatic heterocycles. The Morgan fingerprint density at radius 2 is 1.89 bits per heavy atom. The molecule has 7 N–H and O–H groups in total. The van der Waals surface area contributed by atoms with Gasteiger partial charge in [0, 0.05) is 31.2 Å². The summed E-state index contributed by atoms with van der Waals surface area (Å²) in [5.74, 6) is -1.18. The van der Waals surface area contributed by atoms with Crippen molar-refractivity contribution >= 4 is 18.5 Å². The molecular weight excluding hydrogens is 600 g/mol. The molecule has 0 amide bonds. The van der Waals surface area contributed by atoms with E-state index in [0.717, 1.165) is 31.3 Å². The van der Waals surface area contributed by atoms with Crippen LogP contribution in [0.1, 0.15) is 65.2 Å². The lowest BCUT2D eigenvalue weighted by atomic mass is 9.69. The molecule has 0 spiro atoms. The summed E-state index contributed by atoms with van der Waals surface area (Å²) in [6.07, 6.45) is 0.890. The van der Waals surface area contributed by atoms with E-state index < -0.39 is 54.4 Å². The Morgan fingerprint density at radius 1 is 1.15 bits per heavy atom. The van der Waals surface area contributed by atoms with Gasteiger partial charge in [0.2, 0.25) is 0 Å². The Balaban J connectivity index is 1.28. The van der Waals surface area contributed by atoms with Crippen molar-refractivity contribution in [3.8, 4) is 0 Å². The minimum atomic E-state index is -2.93. The van der Waals surface area contributed by atoms with Crippen LogP contribution >= 0.6 is 0 Å². The predicted octanol–water partition coefficient (Wildman–Crippen LogP) is 0.355. The number of aliphatic carboxylic acids is 1. The molecule has 2 saturated heterocycles. The van der Waals surface area contributed by atoms with E-state index in [1.54, 1.807) is 12.8 Å². The number of aldehydes is 1. The van der Waals surface area contributed by atoms with E-state index in [-0.39, 0.29) is 48.1 Å². The van der Waals surface area contributed by atoms with Gasteiger partial charge in [0.1, 0.15) is 18.2 Å². The summed E-state index contributed by atoms with van der Waals surface area (Å²) in [6.45, 7) is 6.12. The van der Waals surface area contributed by atoms with Crippen LogP contribution in [0.5, 0.6) is 0 Å². The maximum absolute atomic E-state index is 12.4. The van der Waals surface area contributed by atoms with Crippen molar-refractivity contribution in [2.75, 3.05) is 19.7 Å². The first-order chi connectivity index (χ1) is 21.9. The van der Waals surface area contributed by atoms with Gasteiger partial charge < -0.3 is 50.2 Å². The van der Waals surface area contributed by atoms with Crippen LogP contribution in [0.15, 0.2) is 16.6 Å². The number of fused-ring (bicyclic) bond motifs is 1. The summed E-state index contributed by atoms with van der Waals surface area (Å²) in [4.78, 5) is 28.5. The van der Waals surface area contributed by atoms with Gasteiger partial charge >= 0.3 is 5.97 Å². The van der Waals surface area contributed by atoms with Crippen LogP contribution in [0.25, 0.3) is 0 Å². The smallest absolute Gasteiger partial charge is 0.335 e. The molecule has 46 heavy (non-hydrogen) atoms. The molecule has 3 heterocycles. The maximum atomic E-state index is 12.4. The van der Waals surface area contributed by atoms with Crippen molar-refractivity contribution in [2.45, 2.75) is 119 Å². The maximum Gasteiger partial charge on any atom is 0.335 e. The summed E-state index contributed by atoms with van der Waals surface area (Å²) in [5.41, 5.74) is -4.44. The molecule has 5 rings (SSSR count). The predicted molar refractivity (Wildman–Crippen MR) is 164 cm³/mol. The number of aliphatic imine (C=N–C) groups is 1. The van der Waals surface area contributed by atoms with Crippen LogP contribution in [0, 0.1) is 36.1 Å². The number of aliphatic hydroxyl groups is 5. The molecule has 0 aromatic carbocycles. The molecule has 3 aliphatic heterocycles. The summed E-state index contributed by atoms with van der Waals surface area (Å²) < 4.78 is 18.1. The number of hydrogen-bond acceptors (Lipinski definition) is 12. The van der Waals surface area contributed by atoms with Crippen molar-refractivity contribution < 1.29 is 54.4 Å². The highest BCUT2D eigenvalue weighted by atomic mass is 16.7. The quantitative estimate of drug-likeness (QED) is 0.113. The number of carbonyl (C=O) groups is 2. The summed E-state index contributed by atoms with van der Waals surface area (Å²) >= 11 is 0. The standard InChI is InChI=1S/C33H50N2O11/c1-18(2)21(11-19-9-10-34-13-19)14-35-16-32(42)31(46-28(30(40)41)29(39)33(32,43)17-36)45-23-7-8-24-26(12-23)44-15-25(27(24)38)20-3-5-22(37)6-4-20/h9-10,13,17-18,20-29,31,35,37-39,42-43H,3-8,11-12,14-16H2,1-2H3/p+1/t20?,21-,22?,23?,24?,25?,26?,27?,28-,29+,31+,32+,33-/m0/s1. The third-order valence-corrected chi connectivity index (χ3v) is 11.2. The number of aliphatic hydroxyl groups excluding tert-OH is 3. The minimum absolute atomic E-state index is 0.0190. The first-order valence-corrected chi connectivity index (χ1v) is 16.7. The van der Waals surface area contributed by atoms with E-state index in [1.165, 1.54) is 0 Å². The van der Waals surface area contributed by atoms with Crippen molar-refractivity contribution in [2.24, 2.45) is 34.6 Å². The summed E-state index contributed by atoms with van der Waals surface area (Å²) in [7, 11) is 0. The summed E-state index contributed by atoms with van der Waals surface area (Å²) in [5, 5.41) is 68.4. The molecule has 11 atom stereocenters. The SMILES string of the molecule is CC(C)[C@H](CNC[C@@]1(O)[C@H](OC2CCC3C(C2)OCC(C2CCC(O)CC2)C3O)O[C@H](C(=O)O)[C@@H](O)[C@@]1(O)C=O)CC1=C[CH+]N=C1. The average molecular weight is 652 g/mol. The van der Waals surface area contributed by atoms with E-state index in [1.807, 2.05) is 6.08 Å². The van der Waals surface area contributed by atoms with Gasteiger partial charge in [-0.1, -0.05) is 13.8 Å². The number of hydrogen-bond donors (Lipinski definition) is 7. The van der Waals surface area contributed by atoms with Gasteiger partial charge in [0.15, 0.2) is 36.1 Å². The topological polar surface area (TPSA) is 208 Å². The molecular formula is C33H51N2O11+. The first-order valence-electron chi connectivity index (χ1n) is 16.7. The first kappa shape index (κ1) is 35.4. The van der Waals surface area contributed by atoms with Crippen LogP contribution in [0.3, 0.4) is 0 Å². The Kier molecular flexibility index (Phi) is 11.3. The molecule has 0 bridgehead atoms. The highest BCUT2D eigenvalue weighted by molar-refractivity contribution is 5.82. The van der Waals surface area contributed by atoms with Crippen molar-refractivity contribution in [1.82, 2.24) is 5.32 Å². The van der Waals surface area contributed by atoms with Crippen LogP contribution < -0.4 is 5.32 Å². The molecule has 13 heteroatoms. The molecule has 2 saturated carbocycles. The van der Waals surface area contributed by atoms with Gasteiger partial charge in [-0.2, -0.15) is 0 Å². The molecule has 5 aliphatic rings. The van der Waals surface area contributed by atoms with Gasteiger partial charge in [0.25, 0.3) is 0 Å². The molecule has 258 valence electrons. The lowest BCUT2D eigenvalue weighted by molar-refractivity contribution is -0.363. The second kappa shape index (κ2) is 14.7. The fraction of sp³-hybridized carbons (Fsp3) is 0.818. The number of rotatable bonds is 12. The van der Waals surface area contributed by atoms with Crippen LogP contribution in [0.2, 0.25) is 0 Å². The number of carboxylic acids is 1. The lowest BCUT2D eigenvalue weighted by Gasteiger charge is -2.53. The number of ether oxygens (including phenoxy) is 3. The number of carbonyl (C=O) groups excluding carboxylic acids is 1. The van der Waals surface area contributed by atoms with E-state index in [0.29, 0.717) is 38.8 Å². The molecule has 2 aliphatic carbocycles. The molecule has 0 aromatic rings. The van der Waals surface area contributed by atoms with Crippen molar-refractivity contribution in [3.63, 3.8) is 0 Å². The Bertz CT molecular complexity index is 1130. The Labute approximate surface area is 270 Å². The number of nitrogens with zero attached hydrogens (tertiary/aromatic N) is 1. The molecule has 13 nitrogen and oxygen atoms in total. The van der Waals surface area contributed by atoms with Crippen molar-refractivity contribution in [1.29, 1.82) is 0 Å². The Morgan fingerprint density at radius 3 is 2.52 bits per heavy atom. The van der Waals surface area contributed by atoms with Crippen LogP contribution in [0.4, 0.5) is 0 Å². The van der Waals surface area contributed by atoms with E-state index in [4.69, 9.17) is 14.2 Å². The van der Waals surface area contributed by atoms with Gasteiger partial charge in [-0.05, 0) is 62.8 Å². The normalized spacial score (nSPS) is 43.4. The summed E-state index contributed by atoms with van der Waals surface area (Å²) in [6, 6.07) is 0. The largest absolute Gasteiger partial charge is 0.479 e. The van der Waals surface area contributed by atoms with E-state index in [9.17, 15) is 40.2 Å². The lowest BCUT2D eigenvalue weighted by Crippen LogP contribution is -2.79. The van der Waals surface area contributed by atoms with Gasteiger partial charge in [-0.15, -0.1) is 4.99 Å². The van der Waals surface area contributed by atoms with Gasteiger partial charge in [-0.3, -0.25) is 4.79 Å². The Hall–Kier alpha value is -1.94. The van der Waals surface area contributed by atoms with Gasteiger partial charge in [0.05, 0.1) is 37.1 Å². The third kappa shape index (κ3) is 7.08. The number of carboxylic acid groups (broad SMARTS) is 1. The second-order valence-corrected chi connectivity index (χ2v) is 14.4. The number of nitrogens with one attached hydrogen (secondary N) is 1. The minimum Gasteiger partial charge on any atom is -0.479 e. The molecule has 0 radical (unpaired) electrons. The van der Waals surface area contributed by atoms with Crippen molar-refractivity contribution in [3.05, 3.63) is 18.2 Å². The fourth-order valence-electron chi connectivity index (χ4n) is 8.06. The number of allylic oxidation sites excluding steroid dienone is 1. The van der Waals surface area contributed by atoms with Crippen LogP contribution in [-0.2, 0) is 23.8 Å². The van der Waals surface area contributed by atoms with E-state index >= 15 is 0 Å². The van der Waals surface area contributed by atoms with Gasteiger partial charge in [-0.25, -0.2) is 4.79 Å². The van der Waals surface area contributed by atoms with Crippen LogP contribution in [-0.4, -0.2) is 123 Å². The van der Waals surface area contributed by atoms with E-state index in [2.05, 4.69) is 24.2 Å². The second-order valence-electron chi connectivity index (χ2n) is 14.4. The highest BCUT2D eigenvalue weighted by Gasteiger charge is 2.67. The zero-order chi connectivity index (χ0) is 33.2. The molecule has 4 fully saturated rings.